The molecule has 0 bridgehead atoms. The Balaban J connectivity index is 0.000000217. The van der Waals surface area contributed by atoms with E-state index in [4.69, 9.17) is 0 Å². The SMILES string of the molecule is Brc1cccc(-c2nc3ccccc3[nH]2)c1.CC(=O)N1CCCN(C(=O)N2CCN(c3cccc(-c4nc5ccccc5n4C(F)F)c3)CC2)CC1. The number of rotatable bonds is 4. The number of urea groups is 1. The number of carbonyl (C=O) groups is 2. The Hall–Kier alpha value is -5.30. The van der Waals surface area contributed by atoms with E-state index in [1.165, 1.54) is 0 Å². The third kappa shape index (κ3) is 7.64. The second-order valence-electron chi connectivity index (χ2n) is 12.8. The van der Waals surface area contributed by atoms with Crippen LogP contribution in [-0.4, -0.2) is 98.5 Å². The Morgan fingerprint density at radius 3 is 2.12 bits per heavy atom. The maximum absolute atomic E-state index is 13.9. The largest absolute Gasteiger partial charge is 0.368 e. The molecule has 268 valence electrons. The topological polar surface area (TPSA) is 93.6 Å². The van der Waals surface area contributed by atoms with E-state index in [1.54, 1.807) is 42.2 Å². The first kappa shape index (κ1) is 35.1. The minimum atomic E-state index is -2.70. The zero-order valence-electron chi connectivity index (χ0n) is 28.8. The first-order chi connectivity index (χ1) is 25.2. The summed E-state index contributed by atoms with van der Waals surface area (Å²) in [5.74, 6) is 1.19. The second-order valence-corrected chi connectivity index (χ2v) is 13.8. The molecular weight excluding hydrogens is 730 g/mol. The normalized spacial score (nSPS) is 15.2. The van der Waals surface area contributed by atoms with Crippen molar-refractivity contribution in [3.05, 3.63) is 102 Å². The molecule has 2 aromatic heterocycles. The lowest BCUT2D eigenvalue weighted by Crippen LogP contribution is -2.53. The number of H-pyrrole nitrogens is 1. The molecule has 4 aromatic carbocycles. The number of imidazole rings is 2. The van der Waals surface area contributed by atoms with Gasteiger partial charge in [-0.05, 0) is 55.0 Å². The van der Waals surface area contributed by atoms with Gasteiger partial charge in [0.2, 0.25) is 5.91 Å². The summed E-state index contributed by atoms with van der Waals surface area (Å²) < 4.78 is 29.9. The zero-order chi connectivity index (χ0) is 36.2. The van der Waals surface area contributed by atoms with E-state index in [0.29, 0.717) is 69.0 Å². The van der Waals surface area contributed by atoms with Gasteiger partial charge in [-0.25, -0.2) is 14.8 Å². The van der Waals surface area contributed by atoms with Crippen LogP contribution in [0.25, 0.3) is 44.8 Å². The number of halogens is 3. The predicted octanol–water partition coefficient (Wildman–Crippen LogP) is 7.89. The van der Waals surface area contributed by atoms with Crippen molar-refractivity contribution in [1.82, 2.24) is 34.2 Å². The lowest BCUT2D eigenvalue weighted by molar-refractivity contribution is -0.128. The predicted molar refractivity (Wildman–Crippen MR) is 203 cm³/mol. The Morgan fingerprint density at radius 2 is 1.37 bits per heavy atom. The quantitative estimate of drug-likeness (QED) is 0.197. The average Bonchev–Trinajstić information content (AvgIpc) is 3.69. The smallest absolute Gasteiger partial charge is 0.320 e. The van der Waals surface area contributed by atoms with Crippen molar-refractivity contribution in [3.63, 3.8) is 0 Å². The van der Waals surface area contributed by atoms with E-state index in [-0.39, 0.29) is 17.8 Å². The molecule has 4 heterocycles. The van der Waals surface area contributed by atoms with Crippen LogP contribution in [0.15, 0.2) is 102 Å². The van der Waals surface area contributed by atoms with Gasteiger partial charge in [0.1, 0.15) is 11.6 Å². The molecule has 0 atom stereocenters. The average molecular weight is 770 g/mol. The molecule has 3 amide bonds. The molecule has 0 spiro atoms. The standard InChI is InChI=1S/C26H30F2N6O2.C13H9BrN2/c1-19(35)30-10-5-11-32(15-12-30)26(36)33-16-13-31(14-17-33)21-7-4-6-20(18-21)24-29-22-8-2-3-9-23(22)34(24)25(27)28;14-10-5-3-4-9(8-10)13-15-11-6-1-2-7-12(11)16-13/h2-4,6-9,18,25H,5,10-17H2,1H3;1-8H,(H,15,16). The molecule has 13 heteroatoms. The molecule has 52 heavy (non-hydrogen) atoms. The van der Waals surface area contributed by atoms with Gasteiger partial charge in [0.05, 0.1) is 22.1 Å². The Labute approximate surface area is 308 Å². The molecule has 0 saturated carbocycles. The van der Waals surface area contributed by atoms with Crippen molar-refractivity contribution in [2.24, 2.45) is 0 Å². The van der Waals surface area contributed by atoms with Gasteiger partial charge in [0.15, 0.2) is 0 Å². The molecule has 0 radical (unpaired) electrons. The Bertz CT molecular complexity index is 2160. The maximum atomic E-state index is 13.9. The lowest BCUT2D eigenvalue weighted by atomic mass is 10.1. The molecule has 0 aliphatic carbocycles. The number of alkyl halides is 2. The first-order valence-electron chi connectivity index (χ1n) is 17.4. The summed E-state index contributed by atoms with van der Waals surface area (Å²) in [5.41, 5.74) is 5.63. The maximum Gasteiger partial charge on any atom is 0.320 e. The number of nitrogens with one attached hydrogen (secondary N) is 1. The van der Waals surface area contributed by atoms with Gasteiger partial charge in [-0.15, -0.1) is 0 Å². The summed E-state index contributed by atoms with van der Waals surface area (Å²) in [6.07, 6.45) is 0.779. The van der Waals surface area contributed by atoms with Crippen LogP contribution in [0.3, 0.4) is 0 Å². The molecule has 2 fully saturated rings. The summed E-state index contributed by atoms with van der Waals surface area (Å²) in [6, 6.07) is 30.6. The van der Waals surface area contributed by atoms with Crippen molar-refractivity contribution in [1.29, 1.82) is 0 Å². The highest BCUT2D eigenvalue weighted by atomic mass is 79.9. The first-order valence-corrected chi connectivity index (χ1v) is 18.1. The van der Waals surface area contributed by atoms with Crippen LogP contribution in [0, 0.1) is 0 Å². The summed E-state index contributed by atoms with van der Waals surface area (Å²) in [4.78, 5) is 44.8. The van der Waals surface area contributed by atoms with Crippen molar-refractivity contribution in [2.75, 3.05) is 57.3 Å². The highest BCUT2D eigenvalue weighted by Gasteiger charge is 2.28. The third-order valence-electron chi connectivity index (χ3n) is 9.51. The van der Waals surface area contributed by atoms with Gasteiger partial charge in [0, 0.05) is 80.6 Å². The highest BCUT2D eigenvalue weighted by Crippen LogP contribution is 2.32. The molecule has 2 saturated heterocycles. The summed E-state index contributed by atoms with van der Waals surface area (Å²) in [5, 5.41) is 0. The number of benzene rings is 4. The van der Waals surface area contributed by atoms with E-state index in [9.17, 15) is 18.4 Å². The van der Waals surface area contributed by atoms with Gasteiger partial charge in [-0.1, -0.05) is 64.5 Å². The van der Waals surface area contributed by atoms with E-state index in [0.717, 1.165) is 43.6 Å². The van der Waals surface area contributed by atoms with Crippen molar-refractivity contribution >= 4 is 55.6 Å². The minimum Gasteiger partial charge on any atom is -0.368 e. The number of hydrogen-bond donors (Lipinski definition) is 1. The van der Waals surface area contributed by atoms with E-state index in [2.05, 4.69) is 41.8 Å². The molecule has 2 aliphatic heterocycles. The minimum absolute atomic E-state index is 0.0134. The third-order valence-corrected chi connectivity index (χ3v) is 10.0. The number of hydrogen-bond acceptors (Lipinski definition) is 5. The summed E-state index contributed by atoms with van der Waals surface area (Å²) >= 11 is 3.46. The number of piperazine rings is 1. The molecule has 1 N–H and O–H groups in total. The second kappa shape index (κ2) is 15.5. The van der Waals surface area contributed by atoms with Crippen LogP contribution in [0.1, 0.15) is 19.9 Å². The van der Waals surface area contributed by atoms with Gasteiger partial charge in [-0.3, -0.25) is 9.36 Å². The van der Waals surface area contributed by atoms with Crippen molar-refractivity contribution < 1.29 is 18.4 Å². The number of carbonyl (C=O) groups excluding carboxylic acids is 2. The fourth-order valence-electron chi connectivity index (χ4n) is 6.79. The number of fused-ring (bicyclic) bond motifs is 2. The molecule has 0 unspecified atom stereocenters. The van der Waals surface area contributed by atoms with Gasteiger partial charge in [0.25, 0.3) is 0 Å². The molecule has 2 aliphatic rings. The number of anilines is 1. The molecule has 8 rings (SSSR count). The number of nitrogens with zero attached hydrogens (tertiary/aromatic N) is 7. The molecule has 10 nitrogen and oxygen atoms in total. The van der Waals surface area contributed by atoms with Crippen LogP contribution in [0.5, 0.6) is 0 Å². The van der Waals surface area contributed by atoms with E-state index in [1.807, 2.05) is 70.5 Å². The van der Waals surface area contributed by atoms with Crippen molar-refractivity contribution in [3.8, 4) is 22.8 Å². The Morgan fingerprint density at radius 1 is 0.712 bits per heavy atom. The number of para-hydroxylation sites is 4. The monoisotopic (exact) mass is 768 g/mol. The van der Waals surface area contributed by atoms with Crippen LogP contribution in [0.4, 0.5) is 19.3 Å². The summed E-state index contributed by atoms with van der Waals surface area (Å²) in [6.45, 7) is 3.75. The molecule has 6 aromatic rings. The zero-order valence-corrected chi connectivity index (χ0v) is 30.3. The van der Waals surface area contributed by atoms with Crippen LogP contribution >= 0.6 is 15.9 Å². The van der Waals surface area contributed by atoms with Crippen LogP contribution < -0.4 is 4.90 Å². The van der Waals surface area contributed by atoms with Gasteiger partial charge >= 0.3 is 12.6 Å². The Kier molecular flexibility index (Phi) is 10.5. The molecular formula is C39H39BrF2N8O2. The van der Waals surface area contributed by atoms with Crippen molar-refractivity contribution in [2.45, 2.75) is 19.9 Å². The number of amides is 3. The van der Waals surface area contributed by atoms with Crippen LogP contribution in [0.2, 0.25) is 0 Å². The van der Waals surface area contributed by atoms with Gasteiger partial charge in [-0.2, -0.15) is 8.78 Å². The summed E-state index contributed by atoms with van der Waals surface area (Å²) in [7, 11) is 0. The van der Waals surface area contributed by atoms with Crippen LogP contribution in [-0.2, 0) is 4.79 Å². The highest BCUT2D eigenvalue weighted by molar-refractivity contribution is 9.10. The fraction of sp³-hybridized carbons (Fsp3) is 0.282. The fourth-order valence-corrected chi connectivity index (χ4v) is 7.19. The number of aromatic nitrogens is 4. The number of aromatic amines is 1. The van der Waals surface area contributed by atoms with Gasteiger partial charge < -0.3 is 24.6 Å². The lowest BCUT2D eigenvalue weighted by Gasteiger charge is -2.38. The van der Waals surface area contributed by atoms with E-state index < -0.39 is 6.55 Å². The van der Waals surface area contributed by atoms with E-state index >= 15 is 0 Å².